The fourth-order valence-electron chi connectivity index (χ4n) is 4.25. The standard InChI is InChI=1S/C25H26N2O4S/c1-17-5-3-8-20(13-17)32(29,30)21-9-10-22-18(14-21)6-4-7-19(22)15-27-24-16-26-12-11-23(24)25(28)31-2/h3,5,8-14,16,19,27H,4,6-7,15H2,1-2H3. The number of aromatic nitrogens is 1. The van der Waals surface area contributed by atoms with E-state index in [2.05, 4.69) is 10.3 Å². The maximum absolute atomic E-state index is 13.1. The zero-order chi connectivity index (χ0) is 22.7. The van der Waals surface area contributed by atoms with Gasteiger partial charge in [-0.05, 0) is 73.2 Å². The fraction of sp³-hybridized carbons (Fsp3) is 0.280. The molecule has 0 fully saturated rings. The molecule has 0 spiro atoms. The first-order chi connectivity index (χ1) is 15.4. The van der Waals surface area contributed by atoms with Gasteiger partial charge in [0.1, 0.15) is 0 Å². The van der Waals surface area contributed by atoms with Gasteiger partial charge in [0.2, 0.25) is 9.84 Å². The number of hydrogen-bond donors (Lipinski definition) is 1. The van der Waals surface area contributed by atoms with Crippen molar-refractivity contribution in [3.8, 4) is 0 Å². The van der Waals surface area contributed by atoms with Crippen LogP contribution in [0.3, 0.4) is 0 Å². The Morgan fingerprint density at radius 1 is 1.16 bits per heavy atom. The van der Waals surface area contributed by atoms with Crippen LogP contribution in [0.5, 0.6) is 0 Å². The number of sulfone groups is 1. The summed E-state index contributed by atoms with van der Waals surface area (Å²) in [6.07, 6.45) is 5.99. The van der Waals surface area contributed by atoms with Crippen molar-refractivity contribution >= 4 is 21.5 Å². The summed E-state index contributed by atoms with van der Waals surface area (Å²) in [5, 5.41) is 3.33. The SMILES string of the molecule is COC(=O)c1ccncc1NCC1CCCc2cc(S(=O)(=O)c3cccc(C)c3)ccc21. The van der Waals surface area contributed by atoms with Crippen LogP contribution in [0, 0.1) is 6.92 Å². The Labute approximate surface area is 188 Å². The Balaban J connectivity index is 1.58. The third-order valence-electron chi connectivity index (χ3n) is 5.93. The highest BCUT2D eigenvalue weighted by molar-refractivity contribution is 7.91. The monoisotopic (exact) mass is 450 g/mol. The topological polar surface area (TPSA) is 85.4 Å². The second-order valence-corrected chi connectivity index (χ2v) is 10.0. The van der Waals surface area contributed by atoms with Gasteiger partial charge in [-0.3, -0.25) is 4.98 Å². The van der Waals surface area contributed by atoms with E-state index in [4.69, 9.17) is 4.74 Å². The van der Waals surface area contributed by atoms with E-state index in [1.807, 2.05) is 25.1 Å². The summed E-state index contributed by atoms with van der Waals surface area (Å²) >= 11 is 0. The zero-order valence-electron chi connectivity index (χ0n) is 18.2. The van der Waals surface area contributed by atoms with Crippen molar-refractivity contribution in [2.75, 3.05) is 19.0 Å². The van der Waals surface area contributed by atoms with Crippen molar-refractivity contribution in [1.29, 1.82) is 0 Å². The molecule has 1 heterocycles. The smallest absolute Gasteiger partial charge is 0.340 e. The van der Waals surface area contributed by atoms with Gasteiger partial charge in [-0.25, -0.2) is 13.2 Å². The molecule has 166 valence electrons. The molecule has 0 bridgehead atoms. The first-order valence-corrected chi connectivity index (χ1v) is 12.1. The van der Waals surface area contributed by atoms with Gasteiger partial charge in [-0.1, -0.05) is 18.2 Å². The number of fused-ring (bicyclic) bond motifs is 1. The average Bonchev–Trinajstić information content (AvgIpc) is 2.82. The number of hydrogen-bond acceptors (Lipinski definition) is 6. The lowest BCUT2D eigenvalue weighted by molar-refractivity contribution is 0.0601. The van der Waals surface area contributed by atoms with Crippen molar-refractivity contribution in [3.05, 3.63) is 83.2 Å². The van der Waals surface area contributed by atoms with E-state index in [1.165, 1.54) is 7.11 Å². The lowest BCUT2D eigenvalue weighted by atomic mass is 9.83. The molecule has 1 aromatic heterocycles. The van der Waals surface area contributed by atoms with E-state index in [-0.39, 0.29) is 5.92 Å². The van der Waals surface area contributed by atoms with Gasteiger partial charge in [0, 0.05) is 18.7 Å². The molecule has 1 aliphatic rings. The van der Waals surface area contributed by atoms with E-state index in [1.54, 1.807) is 42.7 Å². The van der Waals surface area contributed by atoms with Crippen molar-refractivity contribution < 1.29 is 17.9 Å². The molecular weight excluding hydrogens is 424 g/mol. The van der Waals surface area contributed by atoms with Gasteiger partial charge in [-0.15, -0.1) is 0 Å². The molecule has 0 radical (unpaired) electrons. The van der Waals surface area contributed by atoms with Gasteiger partial charge in [0.05, 0.1) is 34.3 Å². The minimum Gasteiger partial charge on any atom is -0.465 e. The molecule has 0 aliphatic heterocycles. The van der Waals surface area contributed by atoms with Gasteiger partial charge >= 0.3 is 5.97 Å². The fourth-order valence-corrected chi connectivity index (χ4v) is 5.66. The molecule has 2 aromatic carbocycles. The Bertz CT molecular complexity index is 1250. The number of carbonyl (C=O) groups excluding carboxylic acids is 1. The largest absolute Gasteiger partial charge is 0.465 e. The lowest BCUT2D eigenvalue weighted by Crippen LogP contribution is -2.20. The summed E-state index contributed by atoms with van der Waals surface area (Å²) in [7, 11) is -2.21. The molecule has 3 aromatic rings. The molecule has 1 N–H and O–H groups in total. The van der Waals surface area contributed by atoms with Crippen LogP contribution in [0.15, 0.2) is 70.7 Å². The first kappa shape index (κ1) is 22.0. The van der Waals surface area contributed by atoms with E-state index in [0.29, 0.717) is 27.6 Å². The highest BCUT2D eigenvalue weighted by Crippen LogP contribution is 2.34. The van der Waals surface area contributed by atoms with Crippen LogP contribution in [0.2, 0.25) is 0 Å². The van der Waals surface area contributed by atoms with Crippen molar-refractivity contribution in [3.63, 3.8) is 0 Å². The molecule has 4 rings (SSSR count). The summed E-state index contributed by atoms with van der Waals surface area (Å²) in [4.78, 5) is 16.8. The molecule has 0 saturated carbocycles. The third kappa shape index (κ3) is 4.39. The van der Waals surface area contributed by atoms with E-state index in [9.17, 15) is 13.2 Å². The second kappa shape index (κ2) is 9.12. The number of methoxy groups -OCH3 is 1. The molecule has 0 amide bonds. The van der Waals surface area contributed by atoms with Crippen LogP contribution in [-0.2, 0) is 21.0 Å². The van der Waals surface area contributed by atoms with Gasteiger partial charge < -0.3 is 10.1 Å². The number of rotatable bonds is 6. The zero-order valence-corrected chi connectivity index (χ0v) is 19.0. The minimum absolute atomic E-state index is 0.208. The van der Waals surface area contributed by atoms with E-state index in [0.717, 1.165) is 36.0 Å². The van der Waals surface area contributed by atoms with Crippen LogP contribution < -0.4 is 5.32 Å². The van der Waals surface area contributed by atoms with Gasteiger partial charge in [0.25, 0.3) is 0 Å². The van der Waals surface area contributed by atoms with Crippen LogP contribution in [-0.4, -0.2) is 33.0 Å². The quantitative estimate of drug-likeness (QED) is 0.555. The van der Waals surface area contributed by atoms with Crippen molar-refractivity contribution in [2.45, 2.75) is 41.9 Å². The molecule has 0 saturated heterocycles. The Morgan fingerprint density at radius 3 is 2.75 bits per heavy atom. The number of anilines is 1. The van der Waals surface area contributed by atoms with E-state index >= 15 is 0 Å². The number of carbonyl (C=O) groups is 1. The lowest BCUT2D eigenvalue weighted by Gasteiger charge is -2.27. The maximum atomic E-state index is 13.1. The normalized spacial score (nSPS) is 15.6. The van der Waals surface area contributed by atoms with Crippen LogP contribution >= 0.6 is 0 Å². The highest BCUT2D eigenvalue weighted by Gasteiger charge is 2.25. The van der Waals surface area contributed by atoms with Gasteiger partial charge in [-0.2, -0.15) is 0 Å². The Kier molecular flexibility index (Phi) is 6.28. The number of esters is 1. The minimum atomic E-state index is -3.56. The molecule has 1 aliphatic carbocycles. The Hall–Kier alpha value is -3.19. The summed E-state index contributed by atoms with van der Waals surface area (Å²) < 4.78 is 31.1. The predicted octanol–water partition coefficient (Wildman–Crippen LogP) is 4.54. The number of benzene rings is 2. The maximum Gasteiger partial charge on any atom is 0.340 e. The van der Waals surface area contributed by atoms with Crippen LogP contribution in [0.4, 0.5) is 5.69 Å². The summed E-state index contributed by atoms with van der Waals surface area (Å²) in [5.74, 6) is -0.204. The van der Waals surface area contributed by atoms with Crippen molar-refractivity contribution in [2.24, 2.45) is 0 Å². The Morgan fingerprint density at radius 2 is 1.97 bits per heavy atom. The molecule has 32 heavy (non-hydrogen) atoms. The first-order valence-electron chi connectivity index (χ1n) is 10.6. The molecule has 1 unspecified atom stereocenters. The number of ether oxygens (including phenoxy) is 1. The average molecular weight is 451 g/mol. The summed E-state index contributed by atoms with van der Waals surface area (Å²) in [5.41, 5.74) is 4.20. The molecule has 1 atom stereocenters. The predicted molar refractivity (Wildman–Crippen MR) is 123 cm³/mol. The number of pyridine rings is 1. The van der Waals surface area contributed by atoms with Gasteiger partial charge in [0.15, 0.2) is 0 Å². The van der Waals surface area contributed by atoms with E-state index < -0.39 is 15.8 Å². The molecule has 7 heteroatoms. The third-order valence-corrected chi connectivity index (χ3v) is 7.68. The number of nitrogens with zero attached hydrogens (tertiary/aromatic N) is 1. The summed E-state index contributed by atoms with van der Waals surface area (Å²) in [6.45, 7) is 2.50. The summed E-state index contributed by atoms with van der Waals surface area (Å²) in [6, 6.07) is 14.1. The second-order valence-electron chi connectivity index (χ2n) is 8.06. The van der Waals surface area contributed by atoms with Crippen LogP contribution in [0.25, 0.3) is 0 Å². The highest BCUT2D eigenvalue weighted by atomic mass is 32.2. The molecule has 6 nitrogen and oxygen atoms in total. The number of aryl methyl sites for hydroxylation is 2. The molecular formula is C25H26N2O4S. The number of nitrogens with one attached hydrogen (secondary N) is 1. The van der Waals surface area contributed by atoms with Crippen LogP contribution in [0.1, 0.15) is 45.8 Å². The van der Waals surface area contributed by atoms with Crippen molar-refractivity contribution in [1.82, 2.24) is 4.98 Å².